The van der Waals surface area contributed by atoms with Crippen molar-refractivity contribution in [2.45, 2.75) is 6.92 Å². The van der Waals surface area contributed by atoms with Crippen LogP contribution in [-0.2, 0) is 9.59 Å². The third kappa shape index (κ3) is 3.35. The summed E-state index contributed by atoms with van der Waals surface area (Å²) in [5.41, 5.74) is 2.84. The van der Waals surface area contributed by atoms with E-state index in [0.29, 0.717) is 28.2 Å². The van der Waals surface area contributed by atoms with Gasteiger partial charge in [-0.1, -0.05) is 0 Å². The molecule has 1 aromatic heterocycles. The van der Waals surface area contributed by atoms with Crippen LogP contribution in [0.2, 0.25) is 0 Å². The third-order valence-electron chi connectivity index (χ3n) is 4.14. The van der Waals surface area contributed by atoms with Gasteiger partial charge in [-0.3, -0.25) is 19.9 Å². The van der Waals surface area contributed by atoms with Crippen LogP contribution in [0.5, 0.6) is 11.5 Å². The number of carbonyl (C=O) groups excluding carboxylic acids is 2. The van der Waals surface area contributed by atoms with Crippen molar-refractivity contribution >= 4 is 23.5 Å². The zero-order valence-electron chi connectivity index (χ0n) is 14.7. The molecule has 6 nitrogen and oxygen atoms in total. The fraction of sp³-hybridized carbons (Fsp3) is 0.150. The fourth-order valence-corrected chi connectivity index (χ4v) is 2.77. The molecule has 1 saturated heterocycles. The molecule has 2 aromatic rings. The number of rotatable bonds is 4. The lowest BCUT2D eigenvalue weighted by Crippen LogP contribution is -2.20. The zero-order chi connectivity index (χ0) is 18.7. The van der Waals surface area contributed by atoms with Crippen LogP contribution in [0, 0.1) is 0 Å². The van der Waals surface area contributed by atoms with E-state index in [1.165, 1.54) is 0 Å². The maximum Gasteiger partial charge on any atom is 0.259 e. The van der Waals surface area contributed by atoms with Gasteiger partial charge in [-0.05, 0) is 54.0 Å². The van der Waals surface area contributed by atoms with E-state index in [1.54, 1.807) is 69.9 Å². The van der Waals surface area contributed by atoms with Gasteiger partial charge in [0.05, 0.1) is 25.4 Å². The highest BCUT2D eigenvalue weighted by molar-refractivity contribution is 6.29. The van der Waals surface area contributed by atoms with Crippen molar-refractivity contribution in [1.29, 1.82) is 0 Å². The normalized spacial score (nSPS) is 17.3. The Morgan fingerprint density at radius 3 is 2.19 bits per heavy atom. The summed E-state index contributed by atoms with van der Waals surface area (Å²) in [6.07, 6.45) is 4.94. The lowest BCUT2D eigenvalue weighted by atomic mass is 9.95. The monoisotopic (exact) mass is 350 g/mol. The van der Waals surface area contributed by atoms with Gasteiger partial charge in [0.1, 0.15) is 11.5 Å². The topological polar surface area (TPSA) is 77.5 Å². The maximum atomic E-state index is 12.4. The Morgan fingerprint density at radius 2 is 1.62 bits per heavy atom. The minimum absolute atomic E-state index is 0.320. The largest absolute Gasteiger partial charge is 0.497 e. The highest BCUT2D eigenvalue weighted by Crippen LogP contribution is 2.33. The van der Waals surface area contributed by atoms with Crippen LogP contribution in [0.15, 0.2) is 53.9 Å². The average molecular weight is 350 g/mol. The highest BCUT2D eigenvalue weighted by atomic mass is 16.5. The highest BCUT2D eigenvalue weighted by Gasteiger charge is 2.32. The Labute approximate surface area is 151 Å². The van der Waals surface area contributed by atoms with Gasteiger partial charge in [0.25, 0.3) is 11.8 Å². The quantitative estimate of drug-likeness (QED) is 0.677. The van der Waals surface area contributed by atoms with Crippen molar-refractivity contribution in [2.75, 3.05) is 14.2 Å². The van der Waals surface area contributed by atoms with Gasteiger partial charge in [0.2, 0.25) is 0 Å². The lowest BCUT2D eigenvalue weighted by molar-refractivity contribution is -0.123. The number of ether oxygens (including phenoxy) is 2. The summed E-state index contributed by atoms with van der Waals surface area (Å²) in [6.45, 7) is 1.79. The van der Waals surface area contributed by atoms with E-state index in [0.717, 1.165) is 11.1 Å². The summed E-state index contributed by atoms with van der Waals surface area (Å²) in [5, 5.41) is 2.36. The predicted molar refractivity (Wildman–Crippen MR) is 97.5 cm³/mol. The van der Waals surface area contributed by atoms with Crippen LogP contribution in [0.1, 0.15) is 18.1 Å². The van der Waals surface area contributed by atoms with E-state index < -0.39 is 11.8 Å². The molecule has 1 aliphatic heterocycles. The summed E-state index contributed by atoms with van der Waals surface area (Å²) in [5.74, 6) is 0.359. The second kappa shape index (κ2) is 7.23. The molecule has 0 atom stereocenters. The molecule has 26 heavy (non-hydrogen) atoms. The van der Waals surface area contributed by atoms with Crippen molar-refractivity contribution < 1.29 is 19.1 Å². The number of hydrogen-bond acceptors (Lipinski definition) is 5. The maximum absolute atomic E-state index is 12.4. The van der Waals surface area contributed by atoms with Crippen LogP contribution in [-0.4, -0.2) is 31.0 Å². The van der Waals surface area contributed by atoms with Gasteiger partial charge in [-0.2, -0.15) is 0 Å². The Hall–Kier alpha value is -3.41. The first-order chi connectivity index (χ1) is 12.5. The fourth-order valence-electron chi connectivity index (χ4n) is 2.77. The van der Waals surface area contributed by atoms with Crippen LogP contribution in [0.4, 0.5) is 0 Å². The molecule has 0 saturated carbocycles. The molecule has 6 heteroatoms. The minimum Gasteiger partial charge on any atom is -0.497 e. The van der Waals surface area contributed by atoms with Crippen LogP contribution in [0.3, 0.4) is 0 Å². The molecule has 0 spiro atoms. The van der Waals surface area contributed by atoms with Crippen molar-refractivity contribution in [1.82, 2.24) is 10.3 Å². The van der Waals surface area contributed by atoms with Crippen molar-refractivity contribution in [3.8, 4) is 11.5 Å². The number of imide groups is 1. The molecule has 2 heterocycles. The number of carbonyl (C=O) groups is 2. The third-order valence-corrected chi connectivity index (χ3v) is 4.14. The van der Waals surface area contributed by atoms with Crippen molar-refractivity contribution in [3.63, 3.8) is 0 Å². The van der Waals surface area contributed by atoms with Crippen molar-refractivity contribution in [2.24, 2.45) is 0 Å². The number of nitrogens with zero attached hydrogens (tertiary/aromatic N) is 1. The summed E-state index contributed by atoms with van der Waals surface area (Å²) in [4.78, 5) is 28.6. The van der Waals surface area contributed by atoms with Crippen LogP contribution >= 0.6 is 0 Å². The second-order valence-electron chi connectivity index (χ2n) is 5.72. The molecule has 1 N–H and O–H groups in total. The van der Waals surface area contributed by atoms with Gasteiger partial charge in [0.15, 0.2) is 0 Å². The molecule has 3 rings (SSSR count). The SMILES string of the molecule is COc1cc(OC)cc(/C(C)=C2\C(=O)NC(=O)\C2=C\c2ccncc2)c1. The summed E-state index contributed by atoms with van der Waals surface area (Å²) in [7, 11) is 3.11. The number of pyridine rings is 1. The number of nitrogens with one attached hydrogen (secondary N) is 1. The van der Waals surface area contributed by atoms with Gasteiger partial charge < -0.3 is 9.47 Å². The number of benzene rings is 1. The standard InChI is InChI=1S/C20H18N2O4/c1-12(14-9-15(25-2)11-16(10-14)26-3)18-17(19(23)22-20(18)24)8-13-4-6-21-7-5-13/h4-11H,1-3H3,(H,22,23,24)/b17-8+,18-12-. The molecule has 132 valence electrons. The van der Waals surface area contributed by atoms with E-state index >= 15 is 0 Å². The molecular formula is C20H18N2O4. The van der Waals surface area contributed by atoms with E-state index in [4.69, 9.17) is 9.47 Å². The molecule has 1 fully saturated rings. The van der Waals surface area contributed by atoms with E-state index in [2.05, 4.69) is 10.3 Å². The van der Waals surface area contributed by atoms with Gasteiger partial charge in [-0.25, -0.2) is 0 Å². The molecule has 0 aliphatic carbocycles. The predicted octanol–water partition coefficient (Wildman–Crippen LogP) is 2.61. The average Bonchev–Trinajstić information content (AvgIpc) is 2.94. The van der Waals surface area contributed by atoms with E-state index in [1.807, 2.05) is 0 Å². The van der Waals surface area contributed by atoms with Crippen molar-refractivity contribution in [3.05, 3.63) is 65.0 Å². The molecular weight excluding hydrogens is 332 g/mol. The molecule has 0 unspecified atom stereocenters. The van der Waals surface area contributed by atoms with E-state index in [-0.39, 0.29) is 0 Å². The van der Waals surface area contributed by atoms with Crippen LogP contribution in [0.25, 0.3) is 11.6 Å². The first-order valence-corrected chi connectivity index (χ1v) is 7.95. The number of amides is 2. The first-order valence-electron chi connectivity index (χ1n) is 7.95. The zero-order valence-corrected chi connectivity index (χ0v) is 14.7. The summed E-state index contributed by atoms with van der Waals surface area (Å²) >= 11 is 0. The Morgan fingerprint density at radius 1 is 1.00 bits per heavy atom. The number of methoxy groups -OCH3 is 2. The second-order valence-corrected chi connectivity index (χ2v) is 5.72. The number of allylic oxidation sites excluding steroid dienone is 1. The number of hydrogen-bond donors (Lipinski definition) is 1. The Kier molecular flexibility index (Phi) is 4.84. The smallest absolute Gasteiger partial charge is 0.259 e. The van der Waals surface area contributed by atoms with E-state index in [9.17, 15) is 9.59 Å². The molecule has 1 aliphatic rings. The number of aromatic nitrogens is 1. The van der Waals surface area contributed by atoms with Crippen LogP contribution < -0.4 is 14.8 Å². The first kappa shape index (κ1) is 17.4. The lowest BCUT2D eigenvalue weighted by Gasteiger charge is -2.11. The van der Waals surface area contributed by atoms with Gasteiger partial charge >= 0.3 is 0 Å². The molecule has 1 aromatic carbocycles. The Bertz CT molecular complexity index is 908. The molecule has 0 radical (unpaired) electrons. The molecule has 2 amide bonds. The summed E-state index contributed by atoms with van der Waals surface area (Å²) in [6, 6.07) is 8.88. The minimum atomic E-state index is -0.422. The molecule has 0 bridgehead atoms. The van der Waals surface area contributed by atoms with Gasteiger partial charge in [-0.15, -0.1) is 0 Å². The summed E-state index contributed by atoms with van der Waals surface area (Å²) < 4.78 is 10.6. The van der Waals surface area contributed by atoms with Gasteiger partial charge in [0, 0.05) is 18.5 Å². The Balaban J connectivity index is 2.16.